The van der Waals surface area contributed by atoms with Gasteiger partial charge in [0, 0.05) is 32.7 Å². The Morgan fingerprint density at radius 3 is 2.48 bits per heavy atom. The second-order valence-electron chi connectivity index (χ2n) is 5.46. The minimum Gasteiger partial charge on any atom is -0.358 e. The maximum atomic E-state index is 6.19. The Morgan fingerprint density at radius 1 is 1.00 bits per heavy atom. The predicted molar refractivity (Wildman–Crippen MR) is 119 cm³/mol. The van der Waals surface area contributed by atoms with Crippen LogP contribution >= 0.6 is 58.8 Å². The predicted octanol–water partition coefficient (Wildman–Crippen LogP) is 6.68. The Kier molecular flexibility index (Phi) is 7.21. The van der Waals surface area contributed by atoms with E-state index < -0.39 is 0 Å². The van der Waals surface area contributed by atoms with E-state index in [1.807, 2.05) is 42.5 Å². The van der Waals surface area contributed by atoms with E-state index in [9.17, 15) is 0 Å². The van der Waals surface area contributed by atoms with Crippen LogP contribution < -0.4 is 10.6 Å². The summed E-state index contributed by atoms with van der Waals surface area (Å²) >= 11 is 25.0. The second kappa shape index (κ2) is 9.62. The number of nitrogens with zero attached hydrogens (tertiary/aromatic N) is 1. The summed E-state index contributed by atoms with van der Waals surface area (Å²) in [5, 5.41) is 9.52. The number of anilines is 1. The van der Waals surface area contributed by atoms with Crippen LogP contribution in [0, 0.1) is 0 Å². The summed E-state index contributed by atoms with van der Waals surface area (Å²) in [4.78, 5) is 5.47. The quantitative estimate of drug-likeness (QED) is 0.421. The lowest BCUT2D eigenvalue weighted by Crippen LogP contribution is -2.28. The molecular formula is C19H14Cl3N3S2. The number of hydrogen-bond acceptors (Lipinski definition) is 3. The molecule has 0 amide bonds. The number of halogens is 3. The highest BCUT2D eigenvalue weighted by Crippen LogP contribution is 2.32. The van der Waals surface area contributed by atoms with Gasteiger partial charge in [0.1, 0.15) is 5.03 Å². The van der Waals surface area contributed by atoms with Gasteiger partial charge in [-0.05, 0) is 66.3 Å². The van der Waals surface area contributed by atoms with Gasteiger partial charge in [-0.2, -0.15) is 0 Å². The van der Waals surface area contributed by atoms with Gasteiger partial charge in [-0.15, -0.1) is 0 Å². The average Bonchev–Trinajstić information content (AvgIpc) is 2.64. The summed E-state index contributed by atoms with van der Waals surface area (Å²) in [5.74, 6) is 0. The van der Waals surface area contributed by atoms with Crippen molar-refractivity contribution in [2.75, 3.05) is 5.32 Å². The molecule has 0 unspecified atom stereocenters. The van der Waals surface area contributed by atoms with Gasteiger partial charge in [-0.3, -0.25) is 0 Å². The van der Waals surface area contributed by atoms with E-state index in [0.29, 0.717) is 26.7 Å². The molecule has 0 aliphatic carbocycles. The molecule has 2 aromatic carbocycles. The molecule has 1 aromatic heterocycles. The van der Waals surface area contributed by atoms with Crippen LogP contribution in [0.2, 0.25) is 15.1 Å². The number of hydrogen-bond donors (Lipinski definition) is 2. The topological polar surface area (TPSA) is 37.0 Å². The molecular weight excluding hydrogens is 441 g/mol. The van der Waals surface area contributed by atoms with Gasteiger partial charge in [-0.25, -0.2) is 4.98 Å². The van der Waals surface area contributed by atoms with Crippen LogP contribution in [0.15, 0.2) is 70.7 Å². The van der Waals surface area contributed by atoms with Crippen molar-refractivity contribution >= 4 is 69.6 Å². The van der Waals surface area contributed by atoms with Gasteiger partial charge in [0.25, 0.3) is 0 Å². The Balaban J connectivity index is 1.64. The van der Waals surface area contributed by atoms with E-state index in [4.69, 9.17) is 47.0 Å². The van der Waals surface area contributed by atoms with Gasteiger partial charge in [-0.1, -0.05) is 52.6 Å². The van der Waals surface area contributed by atoms with Crippen LogP contribution in [0.3, 0.4) is 0 Å². The normalized spacial score (nSPS) is 10.5. The standard InChI is InChI=1S/C19H14Cl3N3S2/c20-13-5-7-15(8-6-13)27-18-17(2-1-9-23-18)25-19(26)24-11-12-3-4-14(21)10-16(12)22/h1-10H,11H2,(H2,24,25,26). The fourth-order valence-electron chi connectivity index (χ4n) is 2.19. The molecule has 0 spiro atoms. The third kappa shape index (κ3) is 5.99. The van der Waals surface area contributed by atoms with Gasteiger partial charge in [0.15, 0.2) is 5.11 Å². The van der Waals surface area contributed by atoms with E-state index in [1.54, 1.807) is 18.3 Å². The molecule has 0 aliphatic heterocycles. The van der Waals surface area contributed by atoms with Gasteiger partial charge in [0.2, 0.25) is 0 Å². The molecule has 27 heavy (non-hydrogen) atoms. The molecule has 0 fully saturated rings. The summed E-state index contributed by atoms with van der Waals surface area (Å²) in [6, 6.07) is 16.7. The zero-order valence-corrected chi connectivity index (χ0v) is 17.8. The van der Waals surface area contributed by atoms with Crippen molar-refractivity contribution < 1.29 is 0 Å². The number of thiocarbonyl (C=S) groups is 1. The number of rotatable bonds is 5. The number of nitrogens with one attached hydrogen (secondary N) is 2. The zero-order chi connectivity index (χ0) is 19.2. The van der Waals surface area contributed by atoms with E-state index in [2.05, 4.69) is 15.6 Å². The molecule has 8 heteroatoms. The zero-order valence-electron chi connectivity index (χ0n) is 13.9. The van der Waals surface area contributed by atoms with E-state index in [1.165, 1.54) is 11.8 Å². The van der Waals surface area contributed by atoms with Crippen LogP contribution in [-0.4, -0.2) is 10.1 Å². The summed E-state index contributed by atoms with van der Waals surface area (Å²) in [6.07, 6.45) is 1.74. The molecule has 3 rings (SSSR count). The van der Waals surface area contributed by atoms with Crippen molar-refractivity contribution in [3.05, 3.63) is 81.4 Å². The van der Waals surface area contributed by atoms with Crippen LogP contribution in [0.5, 0.6) is 0 Å². The lowest BCUT2D eigenvalue weighted by atomic mass is 10.2. The minimum atomic E-state index is 0.479. The number of benzene rings is 2. The van der Waals surface area contributed by atoms with Gasteiger partial charge in [0.05, 0.1) is 5.69 Å². The molecule has 0 aliphatic rings. The van der Waals surface area contributed by atoms with Crippen molar-refractivity contribution in [3.8, 4) is 0 Å². The van der Waals surface area contributed by atoms with E-state index in [0.717, 1.165) is 21.2 Å². The molecule has 0 atom stereocenters. The smallest absolute Gasteiger partial charge is 0.171 e. The first-order valence-electron chi connectivity index (χ1n) is 7.88. The molecule has 3 nitrogen and oxygen atoms in total. The number of aromatic nitrogens is 1. The lowest BCUT2D eigenvalue weighted by molar-refractivity contribution is 0.925. The minimum absolute atomic E-state index is 0.479. The van der Waals surface area contributed by atoms with Crippen molar-refractivity contribution in [3.63, 3.8) is 0 Å². The molecule has 1 heterocycles. The monoisotopic (exact) mass is 453 g/mol. The summed E-state index contributed by atoms with van der Waals surface area (Å²) < 4.78 is 0. The van der Waals surface area contributed by atoms with E-state index in [-0.39, 0.29) is 0 Å². The van der Waals surface area contributed by atoms with Crippen molar-refractivity contribution in [2.24, 2.45) is 0 Å². The van der Waals surface area contributed by atoms with Gasteiger partial charge < -0.3 is 10.6 Å². The van der Waals surface area contributed by atoms with Gasteiger partial charge >= 0.3 is 0 Å². The summed E-state index contributed by atoms with van der Waals surface area (Å²) in [7, 11) is 0. The fraction of sp³-hybridized carbons (Fsp3) is 0.0526. The SMILES string of the molecule is S=C(NCc1ccc(Cl)cc1Cl)Nc1cccnc1Sc1ccc(Cl)cc1. The maximum Gasteiger partial charge on any atom is 0.171 e. The largest absolute Gasteiger partial charge is 0.358 e. The Morgan fingerprint density at radius 2 is 1.74 bits per heavy atom. The molecule has 2 N–H and O–H groups in total. The van der Waals surface area contributed by atoms with Crippen LogP contribution in [0.25, 0.3) is 0 Å². The van der Waals surface area contributed by atoms with Crippen LogP contribution in [-0.2, 0) is 6.54 Å². The first kappa shape index (κ1) is 20.2. The third-order valence-electron chi connectivity index (χ3n) is 3.50. The van der Waals surface area contributed by atoms with Crippen LogP contribution in [0.4, 0.5) is 5.69 Å². The van der Waals surface area contributed by atoms with Crippen LogP contribution in [0.1, 0.15) is 5.56 Å². The first-order valence-corrected chi connectivity index (χ1v) is 10.2. The van der Waals surface area contributed by atoms with Crippen molar-refractivity contribution in [1.82, 2.24) is 10.3 Å². The third-order valence-corrected chi connectivity index (χ3v) is 5.61. The first-order chi connectivity index (χ1) is 13.0. The summed E-state index contributed by atoms with van der Waals surface area (Å²) in [5.41, 5.74) is 1.73. The average molecular weight is 455 g/mol. The van der Waals surface area contributed by atoms with E-state index >= 15 is 0 Å². The molecule has 3 aromatic rings. The molecule has 0 saturated carbocycles. The highest BCUT2D eigenvalue weighted by atomic mass is 35.5. The highest BCUT2D eigenvalue weighted by molar-refractivity contribution is 7.99. The molecule has 0 saturated heterocycles. The Bertz CT molecular complexity index is 949. The molecule has 0 radical (unpaired) electrons. The van der Waals surface area contributed by atoms with Crippen molar-refractivity contribution in [2.45, 2.75) is 16.5 Å². The maximum absolute atomic E-state index is 6.19. The second-order valence-corrected chi connectivity index (χ2v) is 8.21. The van der Waals surface area contributed by atoms with Crippen molar-refractivity contribution in [1.29, 1.82) is 0 Å². The Hall–Kier alpha value is -1.50. The summed E-state index contributed by atoms with van der Waals surface area (Å²) in [6.45, 7) is 0.488. The lowest BCUT2D eigenvalue weighted by Gasteiger charge is -2.14. The number of pyridine rings is 1. The Labute approximate surface area is 182 Å². The molecule has 138 valence electrons. The highest BCUT2D eigenvalue weighted by Gasteiger charge is 2.08. The molecule has 0 bridgehead atoms. The fourth-order valence-corrected chi connectivity index (χ4v) is 3.81.